The summed E-state index contributed by atoms with van der Waals surface area (Å²) < 4.78 is 0. The fourth-order valence-corrected chi connectivity index (χ4v) is 3.48. The Balaban J connectivity index is 2.25. The molecule has 0 heterocycles. The fraction of sp³-hybridized carbons (Fsp3) is 0.588. The summed E-state index contributed by atoms with van der Waals surface area (Å²) >= 11 is 0. The fourth-order valence-electron chi connectivity index (χ4n) is 3.48. The first kappa shape index (κ1) is 15.0. The van der Waals surface area contributed by atoms with Gasteiger partial charge in [-0.25, -0.2) is 0 Å². The summed E-state index contributed by atoms with van der Waals surface area (Å²) in [5.41, 5.74) is 8.73. The van der Waals surface area contributed by atoms with E-state index in [9.17, 15) is 4.79 Å². The van der Waals surface area contributed by atoms with Crippen molar-refractivity contribution in [3.05, 3.63) is 35.4 Å². The molecular weight excluding hydrogens is 250 g/mol. The molecule has 2 atom stereocenters. The van der Waals surface area contributed by atoms with Crippen LogP contribution < -0.4 is 5.73 Å². The molecule has 3 N–H and O–H groups in total. The number of aliphatic carboxylic acids is 1. The topological polar surface area (TPSA) is 63.3 Å². The molecule has 0 amide bonds. The van der Waals surface area contributed by atoms with E-state index in [1.807, 2.05) is 18.2 Å². The summed E-state index contributed by atoms with van der Waals surface area (Å²) in [6.07, 6.45) is 4.84. The van der Waals surface area contributed by atoms with Crippen LogP contribution >= 0.6 is 0 Å². The van der Waals surface area contributed by atoms with Gasteiger partial charge in [-0.15, -0.1) is 0 Å². The molecule has 0 bridgehead atoms. The summed E-state index contributed by atoms with van der Waals surface area (Å²) in [6, 6.07) is 7.70. The third kappa shape index (κ3) is 3.60. The highest BCUT2D eigenvalue weighted by molar-refractivity contribution is 5.68. The standard InChI is InChI=1S/C17H25NO2/c1-17(2)9-5-6-12(11-17)13-7-3-4-8-14(13)15(18)10-16(19)20/h3-4,7-8,12,15H,5-6,9-11,18H2,1-2H3,(H,19,20). The molecule has 1 aliphatic carbocycles. The summed E-state index contributed by atoms with van der Waals surface area (Å²) in [5, 5.41) is 8.95. The molecule has 110 valence electrons. The van der Waals surface area contributed by atoms with E-state index in [0.717, 1.165) is 12.0 Å². The Bertz CT molecular complexity index is 482. The Morgan fingerprint density at radius 1 is 1.45 bits per heavy atom. The largest absolute Gasteiger partial charge is 0.481 e. The minimum Gasteiger partial charge on any atom is -0.481 e. The van der Waals surface area contributed by atoms with Crippen LogP contribution in [0.2, 0.25) is 0 Å². The molecule has 1 aliphatic rings. The van der Waals surface area contributed by atoms with Crippen LogP contribution in [0.3, 0.4) is 0 Å². The van der Waals surface area contributed by atoms with Crippen LogP contribution in [0, 0.1) is 5.41 Å². The highest BCUT2D eigenvalue weighted by Gasteiger charge is 2.30. The Morgan fingerprint density at radius 2 is 2.15 bits per heavy atom. The van der Waals surface area contributed by atoms with Gasteiger partial charge in [0.2, 0.25) is 0 Å². The molecule has 0 radical (unpaired) electrons. The molecule has 2 rings (SSSR count). The summed E-state index contributed by atoms with van der Waals surface area (Å²) in [7, 11) is 0. The van der Waals surface area contributed by atoms with Crippen molar-refractivity contribution in [2.75, 3.05) is 0 Å². The van der Waals surface area contributed by atoms with Crippen LogP contribution in [0.25, 0.3) is 0 Å². The number of hydrogen-bond acceptors (Lipinski definition) is 2. The summed E-state index contributed by atoms with van der Waals surface area (Å²) in [5.74, 6) is -0.328. The van der Waals surface area contributed by atoms with Gasteiger partial charge in [-0.1, -0.05) is 44.5 Å². The van der Waals surface area contributed by atoms with Crippen LogP contribution in [0.5, 0.6) is 0 Å². The molecule has 0 aromatic heterocycles. The van der Waals surface area contributed by atoms with Crippen molar-refractivity contribution in [2.24, 2.45) is 11.1 Å². The third-order valence-corrected chi connectivity index (χ3v) is 4.43. The number of rotatable bonds is 4. The second-order valence-corrected chi connectivity index (χ2v) is 6.79. The first-order valence-corrected chi connectivity index (χ1v) is 7.45. The van der Waals surface area contributed by atoms with Gasteiger partial charge in [0.15, 0.2) is 0 Å². The molecule has 0 aliphatic heterocycles. The molecule has 1 aromatic carbocycles. The number of carbonyl (C=O) groups is 1. The lowest BCUT2D eigenvalue weighted by Gasteiger charge is -2.36. The van der Waals surface area contributed by atoms with Crippen LogP contribution in [-0.4, -0.2) is 11.1 Å². The molecule has 2 unspecified atom stereocenters. The Kier molecular flexibility index (Phi) is 4.48. The molecule has 1 fully saturated rings. The zero-order valence-corrected chi connectivity index (χ0v) is 12.4. The average molecular weight is 275 g/mol. The lowest BCUT2D eigenvalue weighted by Crippen LogP contribution is -2.24. The smallest absolute Gasteiger partial charge is 0.305 e. The van der Waals surface area contributed by atoms with Gasteiger partial charge in [-0.3, -0.25) is 4.79 Å². The number of benzene rings is 1. The van der Waals surface area contributed by atoms with Gasteiger partial charge in [0, 0.05) is 6.04 Å². The maximum absolute atomic E-state index is 10.9. The van der Waals surface area contributed by atoms with Crippen LogP contribution in [-0.2, 0) is 4.79 Å². The number of carboxylic acid groups (broad SMARTS) is 1. The van der Waals surface area contributed by atoms with Crippen LogP contribution in [0.4, 0.5) is 0 Å². The second kappa shape index (κ2) is 5.96. The van der Waals surface area contributed by atoms with Crippen LogP contribution in [0.15, 0.2) is 24.3 Å². The van der Waals surface area contributed by atoms with Crippen LogP contribution in [0.1, 0.15) is 69.0 Å². The van der Waals surface area contributed by atoms with Gasteiger partial charge in [0.1, 0.15) is 0 Å². The van der Waals surface area contributed by atoms with E-state index in [4.69, 9.17) is 10.8 Å². The van der Waals surface area contributed by atoms with E-state index in [-0.39, 0.29) is 6.42 Å². The van der Waals surface area contributed by atoms with E-state index in [1.54, 1.807) is 0 Å². The molecule has 3 nitrogen and oxygen atoms in total. The molecule has 1 saturated carbocycles. The lowest BCUT2D eigenvalue weighted by atomic mass is 9.69. The number of hydrogen-bond donors (Lipinski definition) is 2. The zero-order chi connectivity index (χ0) is 14.8. The average Bonchev–Trinajstić information content (AvgIpc) is 2.36. The molecule has 3 heteroatoms. The Hall–Kier alpha value is -1.35. The van der Waals surface area contributed by atoms with Crippen molar-refractivity contribution < 1.29 is 9.90 Å². The van der Waals surface area contributed by atoms with Crippen molar-refractivity contribution in [3.8, 4) is 0 Å². The predicted molar refractivity (Wildman–Crippen MR) is 80.6 cm³/mol. The molecule has 20 heavy (non-hydrogen) atoms. The highest BCUT2D eigenvalue weighted by atomic mass is 16.4. The summed E-state index contributed by atoms with van der Waals surface area (Å²) in [4.78, 5) is 10.9. The number of nitrogens with two attached hydrogens (primary N) is 1. The van der Waals surface area contributed by atoms with Gasteiger partial charge >= 0.3 is 5.97 Å². The number of carboxylic acids is 1. The van der Waals surface area contributed by atoms with Gasteiger partial charge in [0.05, 0.1) is 6.42 Å². The van der Waals surface area contributed by atoms with E-state index in [1.165, 1.54) is 24.8 Å². The SMILES string of the molecule is CC1(C)CCCC(c2ccccc2C(N)CC(=O)O)C1. The van der Waals surface area contributed by atoms with Crippen molar-refractivity contribution in [3.63, 3.8) is 0 Å². The maximum Gasteiger partial charge on any atom is 0.305 e. The van der Waals surface area contributed by atoms with Crippen molar-refractivity contribution in [1.82, 2.24) is 0 Å². The minimum absolute atomic E-state index is 0.00682. The van der Waals surface area contributed by atoms with Crippen molar-refractivity contribution in [2.45, 2.75) is 57.9 Å². The molecule has 1 aromatic rings. The van der Waals surface area contributed by atoms with Gasteiger partial charge in [-0.2, -0.15) is 0 Å². The van der Waals surface area contributed by atoms with Crippen molar-refractivity contribution in [1.29, 1.82) is 0 Å². The first-order chi connectivity index (χ1) is 9.39. The maximum atomic E-state index is 10.9. The zero-order valence-electron chi connectivity index (χ0n) is 12.4. The third-order valence-electron chi connectivity index (χ3n) is 4.43. The Morgan fingerprint density at radius 3 is 2.80 bits per heavy atom. The normalized spacial score (nSPS) is 23.2. The highest BCUT2D eigenvalue weighted by Crippen LogP contribution is 2.44. The van der Waals surface area contributed by atoms with E-state index in [2.05, 4.69) is 19.9 Å². The Labute approximate surface area is 121 Å². The second-order valence-electron chi connectivity index (χ2n) is 6.79. The summed E-state index contributed by atoms with van der Waals surface area (Å²) in [6.45, 7) is 4.64. The van der Waals surface area contributed by atoms with Gasteiger partial charge in [0.25, 0.3) is 0 Å². The van der Waals surface area contributed by atoms with E-state index in [0.29, 0.717) is 11.3 Å². The lowest BCUT2D eigenvalue weighted by molar-refractivity contribution is -0.137. The monoisotopic (exact) mass is 275 g/mol. The predicted octanol–water partition coefficient (Wildman–Crippen LogP) is 3.84. The molecule has 0 saturated heterocycles. The minimum atomic E-state index is -0.837. The van der Waals surface area contributed by atoms with E-state index < -0.39 is 12.0 Å². The van der Waals surface area contributed by atoms with E-state index >= 15 is 0 Å². The van der Waals surface area contributed by atoms with Crippen molar-refractivity contribution >= 4 is 5.97 Å². The quantitative estimate of drug-likeness (QED) is 0.877. The van der Waals surface area contributed by atoms with Gasteiger partial charge < -0.3 is 10.8 Å². The molecule has 0 spiro atoms. The van der Waals surface area contributed by atoms with Gasteiger partial charge in [-0.05, 0) is 41.7 Å². The molecular formula is C17H25NO2. The first-order valence-electron chi connectivity index (χ1n) is 7.45.